The van der Waals surface area contributed by atoms with Crippen molar-refractivity contribution in [1.82, 2.24) is 15.2 Å². The number of aliphatic hydroxyl groups is 1. The summed E-state index contributed by atoms with van der Waals surface area (Å²) in [5.74, 6) is 0. The third-order valence-electron chi connectivity index (χ3n) is 1.89. The van der Waals surface area contributed by atoms with Gasteiger partial charge in [-0.25, -0.2) is 4.98 Å². The molecule has 2 aromatic heterocycles. The fourth-order valence-electron chi connectivity index (χ4n) is 1.12. The van der Waals surface area contributed by atoms with Gasteiger partial charge in [0.05, 0.1) is 11.0 Å². The lowest BCUT2D eigenvalue weighted by atomic mass is 10.3. The maximum Gasteiger partial charge on any atom is 0.294 e. The number of nitro groups is 1. The molecule has 2 heterocycles. The van der Waals surface area contributed by atoms with Crippen molar-refractivity contribution in [1.29, 1.82) is 0 Å². The third kappa shape index (κ3) is 2.62. The predicted molar refractivity (Wildman–Crippen MR) is 62.1 cm³/mol. The number of aromatic nitrogens is 3. The highest BCUT2D eigenvalue weighted by atomic mass is 32.2. The van der Waals surface area contributed by atoms with Gasteiger partial charge in [-0.2, -0.15) is 5.10 Å². The van der Waals surface area contributed by atoms with Crippen molar-refractivity contribution in [2.24, 2.45) is 0 Å². The molecular weight excluding hydrogens is 264 g/mol. The molecule has 0 aliphatic rings. The molecule has 0 aliphatic carbocycles. The first-order chi connectivity index (χ1) is 8.08. The highest BCUT2D eigenvalue weighted by Crippen LogP contribution is 2.41. The van der Waals surface area contributed by atoms with Crippen molar-refractivity contribution < 1.29 is 10.0 Å². The van der Waals surface area contributed by atoms with Gasteiger partial charge in [0.2, 0.25) is 0 Å². The van der Waals surface area contributed by atoms with Gasteiger partial charge in [0.1, 0.15) is 10.5 Å². The van der Waals surface area contributed by atoms with Gasteiger partial charge in [0.25, 0.3) is 5.69 Å². The fourth-order valence-corrected chi connectivity index (χ4v) is 3.22. The third-order valence-corrected chi connectivity index (χ3v) is 4.26. The minimum Gasteiger partial charge on any atom is -0.388 e. The molecule has 0 amide bonds. The van der Waals surface area contributed by atoms with E-state index in [1.165, 1.54) is 23.7 Å². The number of nitrogens with zero attached hydrogens (tertiary/aromatic N) is 3. The number of hydrogen-bond donors (Lipinski definition) is 2. The molecule has 2 aromatic rings. The number of aliphatic hydroxyl groups excluding tert-OH is 1. The van der Waals surface area contributed by atoms with E-state index < -0.39 is 11.0 Å². The van der Waals surface area contributed by atoms with Crippen LogP contribution < -0.4 is 0 Å². The maximum atomic E-state index is 10.9. The Kier molecular flexibility index (Phi) is 3.41. The summed E-state index contributed by atoms with van der Waals surface area (Å²) in [6, 6.07) is 1.38. The highest BCUT2D eigenvalue weighted by Gasteiger charge is 2.22. The molecule has 0 saturated carbocycles. The zero-order valence-corrected chi connectivity index (χ0v) is 10.3. The predicted octanol–water partition coefficient (Wildman–Crippen LogP) is 1.98. The second kappa shape index (κ2) is 4.82. The number of H-pyrrole nitrogens is 1. The standard InChI is InChI=1S/C8H8N4O3S2/c1-4(13)6-2-5(12(14)15)7(16-6)17-8-9-3-10-11-8/h2-4,13H,1H3,(H,9,10,11)/t4-/m1/s1. The second-order valence-corrected chi connectivity index (χ2v) is 5.49. The van der Waals surface area contributed by atoms with Crippen LogP contribution in [0.3, 0.4) is 0 Å². The average Bonchev–Trinajstić information content (AvgIpc) is 2.87. The van der Waals surface area contributed by atoms with E-state index in [0.29, 0.717) is 14.2 Å². The SMILES string of the molecule is C[C@@H](O)c1cc([N+](=O)[O-])c(Sc2ncn[nH]2)s1. The molecule has 0 aliphatic heterocycles. The molecule has 1 atom stereocenters. The van der Waals surface area contributed by atoms with Crippen LogP contribution in [0.5, 0.6) is 0 Å². The van der Waals surface area contributed by atoms with E-state index in [-0.39, 0.29) is 5.69 Å². The summed E-state index contributed by atoms with van der Waals surface area (Å²) in [6.07, 6.45) is 0.611. The first kappa shape index (κ1) is 12.0. The molecule has 0 bridgehead atoms. The van der Waals surface area contributed by atoms with Crippen LogP contribution in [0.4, 0.5) is 5.69 Å². The zero-order chi connectivity index (χ0) is 12.4. The van der Waals surface area contributed by atoms with Gasteiger partial charge in [0, 0.05) is 10.9 Å². The molecule has 0 spiro atoms. The van der Waals surface area contributed by atoms with E-state index in [4.69, 9.17) is 0 Å². The number of rotatable bonds is 4. The van der Waals surface area contributed by atoms with Crippen molar-refractivity contribution in [3.8, 4) is 0 Å². The van der Waals surface area contributed by atoms with Gasteiger partial charge in [0.15, 0.2) is 5.16 Å². The lowest BCUT2D eigenvalue weighted by Crippen LogP contribution is -1.87. The maximum absolute atomic E-state index is 10.9. The van der Waals surface area contributed by atoms with Gasteiger partial charge >= 0.3 is 0 Å². The first-order valence-corrected chi connectivity index (χ1v) is 6.20. The van der Waals surface area contributed by atoms with Crippen LogP contribution in [0.2, 0.25) is 0 Å². The molecule has 0 fully saturated rings. The Balaban J connectivity index is 2.34. The van der Waals surface area contributed by atoms with E-state index in [1.807, 2.05) is 0 Å². The summed E-state index contributed by atoms with van der Waals surface area (Å²) >= 11 is 2.30. The second-order valence-electron chi connectivity index (χ2n) is 3.15. The van der Waals surface area contributed by atoms with E-state index in [9.17, 15) is 15.2 Å². The Hall–Kier alpha value is -1.45. The van der Waals surface area contributed by atoms with Crippen LogP contribution >= 0.6 is 23.1 Å². The van der Waals surface area contributed by atoms with E-state index in [1.54, 1.807) is 6.92 Å². The van der Waals surface area contributed by atoms with Gasteiger partial charge < -0.3 is 5.11 Å². The average molecular weight is 272 g/mol. The molecule has 0 unspecified atom stereocenters. The van der Waals surface area contributed by atoms with Crippen LogP contribution in [-0.4, -0.2) is 25.2 Å². The van der Waals surface area contributed by atoms with Crippen LogP contribution in [0.15, 0.2) is 21.8 Å². The van der Waals surface area contributed by atoms with E-state index >= 15 is 0 Å². The lowest BCUT2D eigenvalue weighted by molar-refractivity contribution is -0.387. The number of hydrogen-bond acceptors (Lipinski definition) is 7. The van der Waals surface area contributed by atoms with Crippen molar-refractivity contribution in [3.63, 3.8) is 0 Å². The Bertz CT molecular complexity index is 523. The molecule has 7 nitrogen and oxygen atoms in total. The lowest BCUT2D eigenvalue weighted by Gasteiger charge is -1.95. The summed E-state index contributed by atoms with van der Waals surface area (Å²) < 4.78 is 0.475. The highest BCUT2D eigenvalue weighted by molar-refractivity contribution is 8.01. The molecule has 2 rings (SSSR count). The molecule has 9 heteroatoms. The summed E-state index contributed by atoms with van der Waals surface area (Å²) in [5.41, 5.74) is -0.0210. The minimum absolute atomic E-state index is 0.0210. The summed E-state index contributed by atoms with van der Waals surface area (Å²) in [4.78, 5) is 14.8. The topological polar surface area (TPSA) is 105 Å². The van der Waals surface area contributed by atoms with Crippen LogP contribution in [0.1, 0.15) is 17.9 Å². The van der Waals surface area contributed by atoms with Crippen LogP contribution in [0, 0.1) is 10.1 Å². The number of nitrogens with one attached hydrogen (secondary N) is 1. The van der Waals surface area contributed by atoms with Gasteiger partial charge in [-0.15, -0.1) is 11.3 Å². The van der Waals surface area contributed by atoms with E-state index in [0.717, 1.165) is 11.8 Å². The summed E-state index contributed by atoms with van der Waals surface area (Å²) in [7, 11) is 0. The summed E-state index contributed by atoms with van der Waals surface area (Å²) in [5, 5.41) is 27.0. The van der Waals surface area contributed by atoms with Crippen molar-refractivity contribution in [3.05, 3.63) is 27.4 Å². The number of thiophene rings is 1. The zero-order valence-electron chi connectivity index (χ0n) is 8.65. The Morgan fingerprint density at radius 1 is 1.71 bits per heavy atom. The molecule has 0 aromatic carbocycles. The monoisotopic (exact) mass is 272 g/mol. The van der Waals surface area contributed by atoms with Crippen LogP contribution in [0.25, 0.3) is 0 Å². The summed E-state index contributed by atoms with van der Waals surface area (Å²) in [6.45, 7) is 1.57. The molecular formula is C8H8N4O3S2. The largest absolute Gasteiger partial charge is 0.388 e. The Morgan fingerprint density at radius 2 is 2.47 bits per heavy atom. The fraction of sp³-hybridized carbons (Fsp3) is 0.250. The van der Waals surface area contributed by atoms with E-state index in [2.05, 4.69) is 15.2 Å². The molecule has 90 valence electrons. The Morgan fingerprint density at radius 3 is 3.00 bits per heavy atom. The molecule has 17 heavy (non-hydrogen) atoms. The molecule has 0 radical (unpaired) electrons. The Labute approximate surface area is 104 Å². The van der Waals surface area contributed by atoms with Gasteiger partial charge in [-0.1, -0.05) is 0 Å². The van der Waals surface area contributed by atoms with Gasteiger partial charge in [-0.05, 0) is 18.7 Å². The molecule has 0 saturated heterocycles. The molecule has 2 N–H and O–H groups in total. The normalized spacial score (nSPS) is 12.6. The van der Waals surface area contributed by atoms with Crippen molar-refractivity contribution in [2.45, 2.75) is 22.4 Å². The smallest absolute Gasteiger partial charge is 0.294 e. The first-order valence-electron chi connectivity index (χ1n) is 4.57. The van der Waals surface area contributed by atoms with Crippen molar-refractivity contribution >= 4 is 28.8 Å². The quantitative estimate of drug-likeness (QED) is 0.651. The van der Waals surface area contributed by atoms with Crippen LogP contribution in [-0.2, 0) is 0 Å². The van der Waals surface area contributed by atoms with Gasteiger partial charge in [-0.3, -0.25) is 15.2 Å². The van der Waals surface area contributed by atoms with Crippen molar-refractivity contribution in [2.75, 3.05) is 0 Å². The minimum atomic E-state index is -0.720. The number of aromatic amines is 1.